The number of aliphatic carboxylic acids is 1. The summed E-state index contributed by atoms with van der Waals surface area (Å²) in [5.74, 6) is -1.76. The van der Waals surface area contributed by atoms with Crippen molar-refractivity contribution in [3.05, 3.63) is 23.8 Å². The SMILES string of the molecule is Cc1ccc(S(C)(=O)=O)cc1S(=O)(=O)N1CCCC(C(=O)O)C1. The maximum Gasteiger partial charge on any atom is 0.307 e. The second kappa shape index (κ2) is 6.21. The Morgan fingerprint density at radius 2 is 1.91 bits per heavy atom. The first-order valence-electron chi connectivity index (χ1n) is 7.07. The van der Waals surface area contributed by atoms with Crippen molar-refractivity contribution < 1.29 is 26.7 Å². The molecule has 1 atom stereocenters. The molecular weight excluding hydrogens is 342 g/mol. The molecule has 1 aliphatic heterocycles. The molecule has 2 rings (SSSR count). The Morgan fingerprint density at radius 3 is 2.48 bits per heavy atom. The maximum absolute atomic E-state index is 12.8. The Labute approximate surface area is 135 Å². The Balaban J connectivity index is 2.45. The van der Waals surface area contributed by atoms with Gasteiger partial charge in [-0.2, -0.15) is 4.31 Å². The zero-order chi connectivity index (χ0) is 17.4. The number of aryl methyl sites for hydroxylation is 1. The van der Waals surface area contributed by atoms with Crippen molar-refractivity contribution in [3.63, 3.8) is 0 Å². The summed E-state index contributed by atoms with van der Waals surface area (Å²) in [4.78, 5) is 10.9. The van der Waals surface area contributed by atoms with Crippen molar-refractivity contribution in [2.24, 2.45) is 5.92 Å². The third-order valence-electron chi connectivity index (χ3n) is 3.94. The molecule has 1 aromatic rings. The lowest BCUT2D eigenvalue weighted by atomic mass is 10.0. The quantitative estimate of drug-likeness (QED) is 0.853. The molecule has 0 amide bonds. The summed E-state index contributed by atoms with van der Waals surface area (Å²) in [6, 6.07) is 3.95. The highest BCUT2D eigenvalue weighted by Gasteiger charge is 2.34. The van der Waals surface area contributed by atoms with Crippen LogP contribution >= 0.6 is 0 Å². The van der Waals surface area contributed by atoms with Crippen molar-refractivity contribution in [2.45, 2.75) is 29.6 Å². The molecule has 1 aromatic carbocycles. The number of benzene rings is 1. The van der Waals surface area contributed by atoms with Crippen LogP contribution in [-0.4, -0.2) is 51.6 Å². The average Bonchev–Trinajstić information content (AvgIpc) is 2.46. The standard InChI is InChI=1S/C14H19NO6S2/c1-10-5-6-12(22(2,18)19)8-13(10)23(20,21)15-7-3-4-11(9-15)14(16)17/h5-6,8,11H,3-4,7,9H2,1-2H3,(H,16,17). The highest BCUT2D eigenvalue weighted by molar-refractivity contribution is 7.91. The molecule has 0 radical (unpaired) electrons. The van der Waals surface area contributed by atoms with Crippen LogP contribution in [0, 0.1) is 12.8 Å². The normalized spacial score (nSPS) is 20.3. The second-order valence-electron chi connectivity index (χ2n) is 5.74. The molecule has 23 heavy (non-hydrogen) atoms. The number of carboxylic acid groups (broad SMARTS) is 1. The predicted molar refractivity (Wildman–Crippen MR) is 83.4 cm³/mol. The summed E-state index contributed by atoms with van der Waals surface area (Å²) >= 11 is 0. The number of hydrogen-bond donors (Lipinski definition) is 1. The third-order valence-corrected chi connectivity index (χ3v) is 7.06. The Bertz CT molecular complexity index is 829. The van der Waals surface area contributed by atoms with Crippen LogP contribution in [0.25, 0.3) is 0 Å². The molecule has 9 heteroatoms. The molecular formula is C14H19NO6S2. The average molecular weight is 361 g/mol. The molecule has 0 spiro atoms. The summed E-state index contributed by atoms with van der Waals surface area (Å²) in [5, 5.41) is 9.10. The minimum atomic E-state index is -3.94. The number of sulfone groups is 1. The van der Waals surface area contributed by atoms with Gasteiger partial charge in [-0.3, -0.25) is 4.79 Å². The van der Waals surface area contributed by atoms with E-state index in [0.29, 0.717) is 18.4 Å². The van der Waals surface area contributed by atoms with Gasteiger partial charge in [-0.05, 0) is 37.5 Å². The first kappa shape index (κ1) is 17.9. The van der Waals surface area contributed by atoms with Gasteiger partial charge in [-0.1, -0.05) is 6.07 Å². The van der Waals surface area contributed by atoms with Crippen LogP contribution in [-0.2, 0) is 24.7 Å². The summed E-state index contributed by atoms with van der Waals surface area (Å²) in [6.45, 7) is 1.71. The zero-order valence-corrected chi connectivity index (χ0v) is 14.5. The molecule has 128 valence electrons. The summed E-state index contributed by atoms with van der Waals surface area (Å²) in [5.41, 5.74) is 0.426. The number of piperidine rings is 1. The van der Waals surface area contributed by atoms with Crippen LogP contribution in [0.4, 0.5) is 0 Å². The minimum Gasteiger partial charge on any atom is -0.481 e. The first-order chi connectivity index (χ1) is 10.5. The van der Waals surface area contributed by atoms with Crippen LogP contribution in [0.5, 0.6) is 0 Å². The summed E-state index contributed by atoms with van der Waals surface area (Å²) < 4.78 is 50.0. The van der Waals surface area contributed by atoms with E-state index in [2.05, 4.69) is 0 Å². The van der Waals surface area contributed by atoms with Gasteiger partial charge in [0.25, 0.3) is 0 Å². The van der Waals surface area contributed by atoms with E-state index in [1.165, 1.54) is 12.1 Å². The molecule has 1 heterocycles. The maximum atomic E-state index is 12.8. The molecule has 1 fully saturated rings. The van der Waals surface area contributed by atoms with E-state index < -0.39 is 31.7 Å². The number of hydrogen-bond acceptors (Lipinski definition) is 5. The van der Waals surface area contributed by atoms with Crippen molar-refractivity contribution in [1.82, 2.24) is 4.31 Å². The number of carbonyl (C=O) groups is 1. The van der Waals surface area contributed by atoms with Crippen LogP contribution in [0.15, 0.2) is 28.0 Å². The highest BCUT2D eigenvalue weighted by Crippen LogP contribution is 2.27. The lowest BCUT2D eigenvalue weighted by Crippen LogP contribution is -2.42. The van der Waals surface area contributed by atoms with Crippen molar-refractivity contribution in [3.8, 4) is 0 Å². The van der Waals surface area contributed by atoms with Gasteiger partial charge >= 0.3 is 5.97 Å². The van der Waals surface area contributed by atoms with Crippen LogP contribution in [0.3, 0.4) is 0 Å². The van der Waals surface area contributed by atoms with E-state index in [4.69, 9.17) is 5.11 Å². The molecule has 0 saturated carbocycles. The van der Waals surface area contributed by atoms with Gasteiger partial charge in [0.05, 0.1) is 15.7 Å². The van der Waals surface area contributed by atoms with E-state index in [1.807, 2.05) is 0 Å². The highest BCUT2D eigenvalue weighted by atomic mass is 32.2. The van der Waals surface area contributed by atoms with Crippen molar-refractivity contribution >= 4 is 25.8 Å². The third kappa shape index (κ3) is 3.73. The number of nitrogens with zero attached hydrogens (tertiary/aromatic N) is 1. The Morgan fingerprint density at radius 1 is 1.26 bits per heavy atom. The smallest absolute Gasteiger partial charge is 0.307 e. The fourth-order valence-corrected chi connectivity index (χ4v) is 5.09. The molecule has 1 saturated heterocycles. The summed E-state index contributed by atoms with van der Waals surface area (Å²) in [7, 11) is -7.47. The topological polar surface area (TPSA) is 109 Å². The van der Waals surface area contributed by atoms with Gasteiger partial charge < -0.3 is 5.11 Å². The molecule has 7 nitrogen and oxygen atoms in total. The monoisotopic (exact) mass is 361 g/mol. The fraction of sp³-hybridized carbons (Fsp3) is 0.500. The summed E-state index contributed by atoms with van der Waals surface area (Å²) in [6.07, 6.45) is 1.90. The van der Waals surface area contributed by atoms with E-state index in [9.17, 15) is 21.6 Å². The predicted octanol–water partition coefficient (Wildman–Crippen LogP) is 0.884. The lowest BCUT2D eigenvalue weighted by molar-refractivity contribution is -0.142. The van der Waals surface area contributed by atoms with Crippen molar-refractivity contribution in [2.75, 3.05) is 19.3 Å². The number of rotatable bonds is 4. The zero-order valence-electron chi connectivity index (χ0n) is 12.9. The fourth-order valence-electron chi connectivity index (χ4n) is 2.59. The van der Waals surface area contributed by atoms with Crippen LogP contribution in [0.1, 0.15) is 18.4 Å². The number of sulfonamides is 1. The molecule has 0 aliphatic carbocycles. The van der Waals surface area contributed by atoms with Gasteiger partial charge in [0.2, 0.25) is 10.0 Å². The molecule has 0 bridgehead atoms. The van der Waals surface area contributed by atoms with Crippen LogP contribution in [0.2, 0.25) is 0 Å². The van der Waals surface area contributed by atoms with Gasteiger partial charge in [-0.25, -0.2) is 16.8 Å². The van der Waals surface area contributed by atoms with E-state index in [-0.39, 0.29) is 22.9 Å². The first-order valence-corrected chi connectivity index (χ1v) is 10.4. The lowest BCUT2D eigenvalue weighted by Gasteiger charge is -2.30. The Kier molecular flexibility index (Phi) is 4.84. The Hall–Kier alpha value is -1.45. The number of carboxylic acids is 1. The second-order valence-corrected chi connectivity index (χ2v) is 9.66. The molecule has 1 aliphatic rings. The van der Waals surface area contributed by atoms with Gasteiger partial charge in [0.1, 0.15) is 0 Å². The molecule has 1 N–H and O–H groups in total. The van der Waals surface area contributed by atoms with E-state index >= 15 is 0 Å². The van der Waals surface area contributed by atoms with E-state index in [0.717, 1.165) is 16.6 Å². The largest absolute Gasteiger partial charge is 0.481 e. The minimum absolute atomic E-state index is 0.0755. The van der Waals surface area contributed by atoms with Gasteiger partial charge in [-0.15, -0.1) is 0 Å². The van der Waals surface area contributed by atoms with Crippen LogP contribution < -0.4 is 0 Å². The van der Waals surface area contributed by atoms with E-state index in [1.54, 1.807) is 6.92 Å². The van der Waals surface area contributed by atoms with Gasteiger partial charge in [0, 0.05) is 19.3 Å². The van der Waals surface area contributed by atoms with Crippen molar-refractivity contribution in [1.29, 1.82) is 0 Å². The van der Waals surface area contributed by atoms with Gasteiger partial charge in [0.15, 0.2) is 9.84 Å². The molecule has 0 aromatic heterocycles. The molecule has 1 unspecified atom stereocenters.